The van der Waals surface area contributed by atoms with E-state index in [0.29, 0.717) is 5.95 Å². The van der Waals surface area contributed by atoms with Crippen LogP contribution >= 0.6 is 0 Å². The molecule has 4 rings (SSSR count). The van der Waals surface area contributed by atoms with Crippen molar-refractivity contribution in [2.75, 3.05) is 5.32 Å². The van der Waals surface area contributed by atoms with Gasteiger partial charge in [-0.15, -0.1) is 5.10 Å². The van der Waals surface area contributed by atoms with Crippen LogP contribution in [0.3, 0.4) is 0 Å². The first-order chi connectivity index (χ1) is 13.4. The zero-order chi connectivity index (χ0) is 19.7. The average molecular weight is 378 g/mol. The maximum atomic E-state index is 10.7. The second-order valence-corrected chi connectivity index (χ2v) is 7.94. The number of nitrogens with one attached hydrogen (secondary N) is 1. The molecule has 146 valence electrons. The number of rotatable bonds is 4. The molecule has 3 aromatic rings. The van der Waals surface area contributed by atoms with Crippen LogP contribution in [0.2, 0.25) is 0 Å². The number of anilines is 2. The van der Waals surface area contributed by atoms with Crippen LogP contribution in [0.1, 0.15) is 49.9 Å². The third-order valence-electron chi connectivity index (χ3n) is 5.38. The van der Waals surface area contributed by atoms with Gasteiger partial charge in [-0.05, 0) is 63.4 Å². The van der Waals surface area contributed by atoms with Gasteiger partial charge in [0.2, 0.25) is 5.95 Å². The number of benzene rings is 1. The Balaban J connectivity index is 1.61. The molecule has 0 amide bonds. The van der Waals surface area contributed by atoms with Crippen LogP contribution < -0.4 is 5.32 Å². The van der Waals surface area contributed by atoms with Gasteiger partial charge in [0, 0.05) is 23.1 Å². The molecule has 1 aliphatic rings. The van der Waals surface area contributed by atoms with Crippen molar-refractivity contribution in [1.82, 2.24) is 25.0 Å². The Morgan fingerprint density at radius 3 is 2.86 bits per heavy atom. The fourth-order valence-electron chi connectivity index (χ4n) is 3.92. The van der Waals surface area contributed by atoms with E-state index in [1.807, 2.05) is 49.8 Å². The first kappa shape index (κ1) is 18.6. The molecule has 1 fully saturated rings. The smallest absolute Gasteiger partial charge is 0.227 e. The van der Waals surface area contributed by atoms with E-state index in [4.69, 9.17) is 0 Å². The molecule has 2 atom stereocenters. The van der Waals surface area contributed by atoms with Crippen molar-refractivity contribution in [2.24, 2.45) is 0 Å². The Bertz CT molecular complexity index is 981. The molecule has 2 unspecified atom stereocenters. The SMILES string of the molecule is Cc1cc(Nc2nccc(C)n2)cc(-c2cn(C3CCCCC3(C)O)nn2)c1. The second kappa shape index (κ2) is 7.31. The summed E-state index contributed by atoms with van der Waals surface area (Å²) in [5, 5.41) is 22.7. The number of aryl methyl sites for hydroxylation is 2. The largest absolute Gasteiger partial charge is 0.388 e. The molecule has 2 N–H and O–H groups in total. The summed E-state index contributed by atoms with van der Waals surface area (Å²) in [5.74, 6) is 0.568. The minimum absolute atomic E-state index is 0.0365. The lowest BCUT2D eigenvalue weighted by Crippen LogP contribution is -2.39. The lowest BCUT2D eigenvalue weighted by atomic mass is 9.82. The van der Waals surface area contributed by atoms with Gasteiger partial charge in [-0.2, -0.15) is 0 Å². The summed E-state index contributed by atoms with van der Waals surface area (Å²) in [4.78, 5) is 8.67. The highest BCUT2D eigenvalue weighted by Crippen LogP contribution is 2.37. The maximum absolute atomic E-state index is 10.7. The van der Waals surface area contributed by atoms with Crippen LogP contribution in [0.4, 0.5) is 11.6 Å². The van der Waals surface area contributed by atoms with Crippen molar-refractivity contribution in [3.8, 4) is 11.3 Å². The van der Waals surface area contributed by atoms with Crippen molar-refractivity contribution in [3.63, 3.8) is 0 Å². The molecule has 7 heteroatoms. The van der Waals surface area contributed by atoms with Crippen molar-refractivity contribution in [3.05, 3.63) is 47.9 Å². The van der Waals surface area contributed by atoms with Gasteiger partial charge in [0.15, 0.2) is 0 Å². The Kier molecular flexibility index (Phi) is 4.85. The lowest BCUT2D eigenvalue weighted by molar-refractivity contribution is -0.0298. The predicted octanol–water partition coefficient (Wildman–Crippen LogP) is 3.96. The number of hydrogen-bond donors (Lipinski definition) is 2. The minimum atomic E-state index is -0.745. The van der Waals surface area contributed by atoms with Gasteiger partial charge < -0.3 is 10.4 Å². The van der Waals surface area contributed by atoms with Crippen LogP contribution in [0.25, 0.3) is 11.3 Å². The quantitative estimate of drug-likeness (QED) is 0.714. The number of aliphatic hydroxyl groups is 1. The number of nitrogens with zero attached hydrogens (tertiary/aromatic N) is 5. The van der Waals surface area contributed by atoms with E-state index in [1.165, 1.54) is 0 Å². The van der Waals surface area contributed by atoms with Crippen molar-refractivity contribution < 1.29 is 5.11 Å². The molecular formula is C21H26N6O. The molecule has 0 saturated heterocycles. The van der Waals surface area contributed by atoms with E-state index in [9.17, 15) is 5.11 Å². The highest BCUT2D eigenvalue weighted by molar-refractivity contribution is 5.68. The molecule has 1 aromatic carbocycles. The monoisotopic (exact) mass is 378 g/mol. The summed E-state index contributed by atoms with van der Waals surface area (Å²) in [6.07, 6.45) is 7.54. The standard InChI is InChI=1S/C21H26N6O/c1-14-10-16(12-17(11-14)24-20-22-9-7-15(2)23-20)18-13-27(26-25-18)19-6-4-5-8-21(19,3)28/h7,9-13,19,28H,4-6,8H2,1-3H3,(H,22,23,24). The zero-order valence-electron chi connectivity index (χ0n) is 16.6. The van der Waals surface area contributed by atoms with Crippen LogP contribution in [-0.2, 0) is 0 Å². The molecule has 28 heavy (non-hydrogen) atoms. The van der Waals surface area contributed by atoms with Gasteiger partial charge in [-0.25, -0.2) is 14.6 Å². The van der Waals surface area contributed by atoms with E-state index < -0.39 is 5.60 Å². The zero-order valence-corrected chi connectivity index (χ0v) is 16.6. The van der Waals surface area contributed by atoms with Gasteiger partial charge >= 0.3 is 0 Å². The van der Waals surface area contributed by atoms with Crippen LogP contribution in [0.5, 0.6) is 0 Å². The van der Waals surface area contributed by atoms with Crippen molar-refractivity contribution in [1.29, 1.82) is 0 Å². The van der Waals surface area contributed by atoms with Crippen LogP contribution in [0.15, 0.2) is 36.7 Å². The van der Waals surface area contributed by atoms with Gasteiger partial charge in [-0.3, -0.25) is 0 Å². The summed E-state index contributed by atoms with van der Waals surface area (Å²) in [6, 6.07) is 7.98. The van der Waals surface area contributed by atoms with Crippen molar-refractivity contribution >= 4 is 11.6 Å². The highest BCUT2D eigenvalue weighted by Gasteiger charge is 2.36. The molecular weight excluding hydrogens is 352 g/mol. The number of hydrogen-bond acceptors (Lipinski definition) is 6. The van der Waals surface area contributed by atoms with E-state index in [2.05, 4.69) is 31.7 Å². The summed E-state index contributed by atoms with van der Waals surface area (Å²) in [6.45, 7) is 5.88. The summed E-state index contributed by atoms with van der Waals surface area (Å²) >= 11 is 0. The predicted molar refractivity (Wildman–Crippen MR) is 108 cm³/mol. The molecule has 0 bridgehead atoms. The fraction of sp³-hybridized carbons (Fsp3) is 0.429. The Hall–Kier alpha value is -2.80. The Labute approximate surface area is 164 Å². The minimum Gasteiger partial charge on any atom is -0.388 e. The van der Waals surface area contributed by atoms with Gasteiger partial charge in [0.05, 0.1) is 17.8 Å². The third-order valence-corrected chi connectivity index (χ3v) is 5.38. The van der Waals surface area contributed by atoms with Gasteiger partial charge in [0.1, 0.15) is 5.69 Å². The normalized spacial score (nSPS) is 22.2. The summed E-state index contributed by atoms with van der Waals surface area (Å²) in [5.41, 5.74) is 3.93. The summed E-state index contributed by atoms with van der Waals surface area (Å²) in [7, 11) is 0. The lowest BCUT2D eigenvalue weighted by Gasteiger charge is -2.36. The van der Waals surface area contributed by atoms with Gasteiger partial charge in [-0.1, -0.05) is 18.1 Å². The third kappa shape index (κ3) is 3.89. The highest BCUT2D eigenvalue weighted by atomic mass is 16.3. The average Bonchev–Trinajstić information content (AvgIpc) is 3.10. The van der Waals surface area contributed by atoms with Crippen molar-refractivity contribution in [2.45, 2.75) is 58.1 Å². The number of aromatic nitrogens is 5. The van der Waals surface area contributed by atoms with Crippen LogP contribution in [-0.4, -0.2) is 35.7 Å². The van der Waals surface area contributed by atoms with E-state index >= 15 is 0 Å². The molecule has 0 aliphatic heterocycles. The van der Waals surface area contributed by atoms with E-state index in [-0.39, 0.29) is 6.04 Å². The Morgan fingerprint density at radius 1 is 1.21 bits per heavy atom. The van der Waals surface area contributed by atoms with Crippen LogP contribution in [0, 0.1) is 13.8 Å². The Morgan fingerprint density at radius 2 is 2.07 bits per heavy atom. The maximum Gasteiger partial charge on any atom is 0.227 e. The first-order valence-corrected chi connectivity index (χ1v) is 9.74. The topological polar surface area (TPSA) is 88.8 Å². The molecule has 0 radical (unpaired) electrons. The second-order valence-electron chi connectivity index (χ2n) is 7.94. The fourth-order valence-corrected chi connectivity index (χ4v) is 3.92. The van der Waals surface area contributed by atoms with E-state index in [1.54, 1.807) is 6.20 Å². The van der Waals surface area contributed by atoms with Gasteiger partial charge in [0.25, 0.3) is 0 Å². The van der Waals surface area contributed by atoms with E-state index in [0.717, 1.165) is 53.9 Å². The molecule has 0 spiro atoms. The molecule has 1 saturated carbocycles. The molecule has 2 aromatic heterocycles. The summed E-state index contributed by atoms with van der Waals surface area (Å²) < 4.78 is 1.83. The molecule has 1 aliphatic carbocycles. The first-order valence-electron chi connectivity index (χ1n) is 9.74. The molecule has 2 heterocycles. The molecule has 7 nitrogen and oxygen atoms in total.